The average Bonchev–Trinajstić information content (AvgIpc) is 2.88. The zero-order valence-electron chi connectivity index (χ0n) is 14.0. The van der Waals surface area contributed by atoms with Crippen molar-refractivity contribution in [1.29, 1.82) is 0 Å². The smallest absolute Gasteiger partial charge is 0.417 e. The number of aldehydes is 1. The molecule has 1 saturated heterocycles. The molecule has 2 atom stereocenters. The highest BCUT2D eigenvalue weighted by atomic mass is 19.4. The number of alkyl halides is 3. The van der Waals surface area contributed by atoms with Crippen molar-refractivity contribution in [1.82, 2.24) is 9.88 Å². The highest BCUT2D eigenvalue weighted by Crippen LogP contribution is 2.30. The lowest BCUT2D eigenvalue weighted by Gasteiger charge is -2.26. The first-order valence-corrected chi connectivity index (χ1v) is 7.64. The lowest BCUT2D eigenvalue weighted by Crippen LogP contribution is -2.41. The van der Waals surface area contributed by atoms with E-state index in [0.29, 0.717) is 12.5 Å². The topological polar surface area (TPSA) is 68.7 Å². The van der Waals surface area contributed by atoms with Crippen LogP contribution in [-0.4, -0.2) is 46.6 Å². The van der Waals surface area contributed by atoms with Crippen molar-refractivity contribution in [3.05, 3.63) is 23.9 Å². The number of likely N-dealkylation sites (tertiary alicyclic amines) is 1. The van der Waals surface area contributed by atoms with Crippen molar-refractivity contribution in [2.75, 3.05) is 6.54 Å². The van der Waals surface area contributed by atoms with Gasteiger partial charge in [0.1, 0.15) is 18.0 Å². The van der Waals surface area contributed by atoms with Crippen LogP contribution in [0.4, 0.5) is 18.0 Å². The Kier molecular flexibility index (Phi) is 5.24. The van der Waals surface area contributed by atoms with E-state index in [9.17, 15) is 22.8 Å². The number of carbonyl (C=O) groups is 2. The molecule has 0 radical (unpaired) electrons. The van der Waals surface area contributed by atoms with Gasteiger partial charge in [-0.05, 0) is 26.8 Å². The van der Waals surface area contributed by atoms with Crippen LogP contribution < -0.4 is 4.74 Å². The van der Waals surface area contributed by atoms with Crippen LogP contribution in [0.15, 0.2) is 18.3 Å². The van der Waals surface area contributed by atoms with Crippen LogP contribution in [0.25, 0.3) is 0 Å². The fourth-order valence-corrected chi connectivity index (χ4v) is 2.36. The second-order valence-electron chi connectivity index (χ2n) is 6.69. The number of hydrogen-bond acceptors (Lipinski definition) is 5. The van der Waals surface area contributed by atoms with Crippen LogP contribution in [0.5, 0.6) is 5.88 Å². The standard InChI is InChI=1S/C16H19F3N2O4/c1-15(2,3)25-14(23)21-8-12(6-11(21)9-22)24-13-5-4-10(7-20-13)16(17,18)19/h4-5,7,9,11-12H,6,8H2,1-3H3. The van der Waals surface area contributed by atoms with E-state index in [1.165, 1.54) is 4.90 Å². The van der Waals surface area contributed by atoms with Gasteiger partial charge in [-0.15, -0.1) is 0 Å². The molecule has 1 aromatic heterocycles. The molecule has 0 N–H and O–H groups in total. The first-order valence-electron chi connectivity index (χ1n) is 7.64. The van der Waals surface area contributed by atoms with Gasteiger partial charge in [-0.2, -0.15) is 13.2 Å². The molecule has 1 aliphatic heterocycles. The SMILES string of the molecule is CC(C)(C)OC(=O)N1CC(Oc2ccc(C(F)(F)F)cn2)CC1C=O. The van der Waals surface area contributed by atoms with Gasteiger partial charge in [-0.25, -0.2) is 9.78 Å². The third-order valence-corrected chi connectivity index (χ3v) is 3.44. The number of hydrogen-bond donors (Lipinski definition) is 0. The molecule has 1 fully saturated rings. The molecule has 138 valence electrons. The summed E-state index contributed by atoms with van der Waals surface area (Å²) >= 11 is 0. The third kappa shape index (κ3) is 5.07. The molecular weight excluding hydrogens is 341 g/mol. The summed E-state index contributed by atoms with van der Waals surface area (Å²) in [6.45, 7) is 5.20. The molecule has 1 aromatic rings. The Morgan fingerprint density at radius 1 is 1.32 bits per heavy atom. The summed E-state index contributed by atoms with van der Waals surface area (Å²) in [5.74, 6) is -0.00584. The van der Waals surface area contributed by atoms with E-state index in [1.807, 2.05) is 0 Å². The number of pyridine rings is 1. The van der Waals surface area contributed by atoms with Gasteiger partial charge in [0.15, 0.2) is 0 Å². The van der Waals surface area contributed by atoms with Crippen LogP contribution in [0.3, 0.4) is 0 Å². The van der Waals surface area contributed by atoms with E-state index in [0.717, 1.165) is 12.1 Å². The van der Waals surface area contributed by atoms with Crippen LogP contribution in [0.2, 0.25) is 0 Å². The molecule has 0 spiro atoms. The Hall–Kier alpha value is -2.32. The van der Waals surface area contributed by atoms with Crippen molar-refractivity contribution < 1.29 is 32.2 Å². The minimum atomic E-state index is -4.48. The second-order valence-corrected chi connectivity index (χ2v) is 6.69. The van der Waals surface area contributed by atoms with E-state index in [-0.39, 0.29) is 18.8 Å². The Morgan fingerprint density at radius 3 is 2.48 bits per heavy atom. The summed E-state index contributed by atoms with van der Waals surface area (Å²) in [7, 11) is 0. The van der Waals surface area contributed by atoms with E-state index < -0.39 is 35.6 Å². The number of nitrogens with zero attached hydrogens (tertiary/aromatic N) is 2. The minimum absolute atomic E-state index is 0.00584. The normalized spacial score (nSPS) is 21.1. The summed E-state index contributed by atoms with van der Waals surface area (Å²) in [6, 6.07) is 1.25. The van der Waals surface area contributed by atoms with Gasteiger partial charge in [0.25, 0.3) is 0 Å². The number of halogens is 3. The van der Waals surface area contributed by atoms with Crippen molar-refractivity contribution >= 4 is 12.4 Å². The van der Waals surface area contributed by atoms with Crippen molar-refractivity contribution in [3.63, 3.8) is 0 Å². The van der Waals surface area contributed by atoms with E-state index in [2.05, 4.69) is 4.98 Å². The molecule has 1 aliphatic rings. The molecule has 0 aliphatic carbocycles. The first kappa shape index (κ1) is 19.0. The highest BCUT2D eigenvalue weighted by molar-refractivity contribution is 5.74. The van der Waals surface area contributed by atoms with Crippen LogP contribution in [-0.2, 0) is 15.7 Å². The fraction of sp³-hybridized carbons (Fsp3) is 0.562. The second kappa shape index (κ2) is 6.89. The first-order chi connectivity index (χ1) is 11.5. The molecule has 0 bridgehead atoms. The summed E-state index contributed by atoms with van der Waals surface area (Å²) in [5, 5.41) is 0. The van der Waals surface area contributed by atoms with Gasteiger partial charge in [0.05, 0.1) is 18.2 Å². The molecular formula is C16H19F3N2O4. The maximum absolute atomic E-state index is 12.5. The Morgan fingerprint density at radius 2 is 2.00 bits per heavy atom. The Balaban J connectivity index is 2.02. The maximum atomic E-state index is 12.5. The lowest BCUT2D eigenvalue weighted by atomic mass is 10.2. The number of rotatable bonds is 3. The summed E-state index contributed by atoms with van der Waals surface area (Å²) < 4.78 is 48.3. The van der Waals surface area contributed by atoms with E-state index in [1.54, 1.807) is 20.8 Å². The van der Waals surface area contributed by atoms with Gasteiger partial charge < -0.3 is 14.3 Å². The maximum Gasteiger partial charge on any atom is 0.417 e. The average molecular weight is 360 g/mol. The quantitative estimate of drug-likeness (QED) is 0.775. The van der Waals surface area contributed by atoms with Crippen molar-refractivity contribution in [2.45, 2.75) is 51.1 Å². The predicted octanol–water partition coefficient (Wildman–Crippen LogP) is 3.06. The minimum Gasteiger partial charge on any atom is -0.472 e. The number of carbonyl (C=O) groups excluding carboxylic acids is 2. The molecule has 2 unspecified atom stereocenters. The lowest BCUT2D eigenvalue weighted by molar-refractivity contribution is -0.137. The summed E-state index contributed by atoms with van der Waals surface area (Å²) in [5.41, 5.74) is -1.59. The van der Waals surface area contributed by atoms with Crippen molar-refractivity contribution in [3.8, 4) is 5.88 Å². The van der Waals surface area contributed by atoms with E-state index in [4.69, 9.17) is 9.47 Å². The number of amides is 1. The molecule has 0 aromatic carbocycles. The van der Waals surface area contributed by atoms with Crippen LogP contribution in [0.1, 0.15) is 32.8 Å². The molecule has 9 heteroatoms. The predicted molar refractivity (Wildman–Crippen MR) is 81.1 cm³/mol. The Labute approximate surface area is 142 Å². The monoisotopic (exact) mass is 360 g/mol. The van der Waals surface area contributed by atoms with Gasteiger partial charge in [-0.3, -0.25) is 4.90 Å². The van der Waals surface area contributed by atoms with Gasteiger partial charge in [0.2, 0.25) is 5.88 Å². The van der Waals surface area contributed by atoms with Crippen LogP contribution >= 0.6 is 0 Å². The fourth-order valence-electron chi connectivity index (χ4n) is 2.36. The van der Waals surface area contributed by atoms with Gasteiger partial charge in [-0.1, -0.05) is 0 Å². The van der Waals surface area contributed by atoms with Crippen molar-refractivity contribution in [2.24, 2.45) is 0 Å². The van der Waals surface area contributed by atoms with Gasteiger partial charge in [0, 0.05) is 18.7 Å². The zero-order valence-corrected chi connectivity index (χ0v) is 14.0. The molecule has 2 heterocycles. The van der Waals surface area contributed by atoms with Crippen LogP contribution in [0, 0.1) is 0 Å². The molecule has 6 nitrogen and oxygen atoms in total. The van der Waals surface area contributed by atoms with E-state index >= 15 is 0 Å². The molecule has 1 amide bonds. The third-order valence-electron chi connectivity index (χ3n) is 3.44. The number of ether oxygens (including phenoxy) is 2. The zero-order chi connectivity index (χ0) is 18.8. The Bertz CT molecular complexity index is 626. The largest absolute Gasteiger partial charge is 0.472 e. The highest BCUT2D eigenvalue weighted by Gasteiger charge is 2.39. The summed E-state index contributed by atoms with van der Waals surface area (Å²) in [4.78, 5) is 28.2. The summed E-state index contributed by atoms with van der Waals surface area (Å²) in [6.07, 6.45) is -4.18. The number of aromatic nitrogens is 1. The van der Waals surface area contributed by atoms with Gasteiger partial charge >= 0.3 is 12.3 Å². The molecule has 0 saturated carbocycles. The molecule has 2 rings (SSSR count). The molecule has 25 heavy (non-hydrogen) atoms.